The monoisotopic (exact) mass is 281 g/mol. The maximum absolute atomic E-state index is 12.1. The first-order valence-electron chi connectivity index (χ1n) is 6.50. The van der Waals surface area contributed by atoms with E-state index in [1.807, 2.05) is 0 Å². The Morgan fingerprint density at radius 1 is 1.33 bits per heavy atom. The Balaban J connectivity index is 2.14. The first-order chi connectivity index (χ1) is 10.2. The molecule has 0 saturated heterocycles. The molecule has 0 radical (unpaired) electrons. The standard InChI is InChI=1S/C16H15N3O2/c1-12-14(8-5-10-17-12)16(21)19-15-9-4-7-13(18-15)6-2-3-11-20/h4-5,7-10,20H,3,11H2,1H3,(H,18,19,21). The minimum absolute atomic E-state index is 0.0176. The number of carbonyl (C=O) groups is 1. The molecule has 0 bridgehead atoms. The largest absolute Gasteiger partial charge is 0.395 e. The average Bonchev–Trinajstić information content (AvgIpc) is 2.48. The number of aromatic nitrogens is 2. The van der Waals surface area contributed by atoms with Gasteiger partial charge in [-0.3, -0.25) is 9.78 Å². The minimum Gasteiger partial charge on any atom is -0.395 e. The summed E-state index contributed by atoms with van der Waals surface area (Å²) in [6, 6.07) is 8.63. The zero-order valence-electron chi connectivity index (χ0n) is 11.6. The van der Waals surface area contributed by atoms with Gasteiger partial charge in [0.2, 0.25) is 0 Å². The first-order valence-corrected chi connectivity index (χ1v) is 6.50. The average molecular weight is 281 g/mol. The normalized spacial score (nSPS) is 9.62. The van der Waals surface area contributed by atoms with Gasteiger partial charge in [-0.2, -0.15) is 0 Å². The number of hydrogen-bond donors (Lipinski definition) is 2. The number of hydrogen-bond acceptors (Lipinski definition) is 4. The molecule has 5 heteroatoms. The van der Waals surface area contributed by atoms with E-state index in [4.69, 9.17) is 5.11 Å². The number of aliphatic hydroxyl groups excluding tert-OH is 1. The van der Waals surface area contributed by atoms with Crippen molar-refractivity contribution in [1.29, 1.82) is 0 Å². The molecule has 0 atom stereocenters. The van der Waals surface area contributed by atoms with E-state index < -0.39 is 0 Å². The quantitative estimate of drug-likeness (QED) is 0.841. The van der Waals surface area contributed by atoms with E-state index in [1.54, 1.807) is 43.5 Å². The number of rotatable bonds is 3. The van der Waals surface area contributed by atoms with E-state index in [-0.39, 0.29) is 12.5 Å². The van der Waals surface area contributed by atoms with Crippen molar-refractivity contribution in [3.8, 4) is 11.8 Å². The summed E-state index contributed by atoms with van der Waals surface area (Å²) < 4.78 is 0. The van der Waals surface area contributed by atoms with Crippen molar-refractivity contribution in [3.05, 3.63) is 53.5 Å². The van der Waals surface area contributed by atoms with Gasteiger partial charge in [-0.1, -0.05) is 12.0 Å². The molecule has 0 aliphatic rings. The van der Waals surface area contributed by atoms with Crippen molar-refractivity contribution >= 4 is 11.7 Å². The number of amides is 1. The van der Waals surface area contributed by atoms with E-state index in [9.17, 15) is 4.79 Å². The number of aryl methyl sites for hydroxylation is 1. The number of anilines is 1. The fourth-order valence-corrected chi connectivity index (χ4v) is 1.69. The van der Waals surface area contributed by atoms with Crippen molar-refractivity contribution in [3.63, 3.8) is 0 Å². The van der Waals surface area contributed by atoms with Gasteiger partial charge >= 0.3 is 0 Å². The molecule has 0 fully saturated rings. The number of nitrogens with zero attached hydrogens (tertiary/aromatic N) is 2. The summed E-state index contributed by atoms with van der Waals surface area (Å²) in [4.78, 5) is 20.5. The third-order valence-corrected chi connectivity index (χ3v) is 2.70. The molecule has 2 heterocycles. The predicted molar refractivity (Wildman–Crippen MR) is 79.7 cm³/mol. The van der Waals surface area contributed by atoms with Crippen LogP contribution in [0.5, 0.6) is 0 Å². The van der Waals surface area contributed by atoms with E-state index in [0.717, 1.165) is 0 Å². The highest BCUT2D eigenvalue weighted by Gasteiger charge is 2.09. The van der Waals surface area contributed by atoms with Crippen molar-refractivity contribution in [2.45, 2.75) is 13.3 Å². The summed E-state index contributed by atoms with van der Waals surface area (Å²) in [6.45, 7) is 1.79. The molecule has 0 unspecified atom stereocenters. The Morgan fingerprint density at radius 2 is 2.19 bits per heavy atom. The molecule has 106 valence electrons. The molecule has 0 saturated carbocycles. The van der Waals surface area contributed by atoms with Gasteiger partial charge in [0.1, 0.15) is 11.5 Å². The number of pyridine rings is 2. The van der Waals surface area contributed by atoms with Crippen molar-refractivity contribution in [1.82, 2.24) is 9.97 Å². The Morgan fingerprint density at radius 3 is 2.95 bits per heavy atom. The molecule has 0 aliphatic heterocycles. The molecular weight excluding hydrogens is 266 g/mol. The Hall–Kier alpha value is -2.71. The van der Waals surface area contributed by atoms with Crippen LogP contribution in [-0.2, 0) is 0 Å². The summed E-state index contributed by atoms with van der Waals surface area (Å²) in [5, 5.41) is 11.4. The summed E-state index contributed by atoms with van der Waals surface area (Å²) >= 11 is 0. The molecule has 2 aromatic heterocycles. The topological polar surface area (TPSA) is 75.1 Å². The van der Waals surface area contributed by atoms with E-state index in [2.05, 4.69) is 27.1 Å². The first kappa shape index (κ1) is 14.7. The van der Waals surface area contributed by atoms with Gasteiger partial charge < -0.3 is 10.4 Å². The Bertz CT molecular complexity index is 702. The van der Waals surface area contributed by atoms with Gasteiger partial charge in [0.25, 0.3) is 5.91 Å². The molecule has 21 heavy (non-hydrogen) atoms. The highest BCUT2D eigenvalue weighted by Crippen LogP contribution is 2.09. The van der Waals surface area contributed by atoms with Crippen LogP contribution in [0.2, 0.25) is 0 Å². The molecule has 5 nitrogen and oxygen atoms in total. The molecule has 0 spiro atoms. The highest BCUT2D eigenvalue weighted by atomic mass is 16.2. The van der Waals surface area contributed by atoms with Gasteiger partial charge in [0.15, 0.2) is 0 Å². The van der Waals surface area contributed by atoms with E-state index in [1.165, 1.54) is 0 Å². The predicted octanol–water partition coefficient (Wildman–Crippen LogP) is 1.77. The van der Waals surface area contributed by atoms with E-state index >= 15 is 0 Å². The minimum atomic E-state index is -0.256. The fraction of sp³-hybridized carbons (Fsp3) is 0.188. The molecule has 2 N–H and O–H groups in total. The molecule has 2 rings (SSSR count). The van der Waals surface area contributed by atoms with Crippen LogP contribution in [0.3, 0.4) is 0 Å². The third kappa shape index (κ3) is 4.13. The van der Waals surface area contributed by atoms with Crippen LogP contribution in [0.15, 0.2) is 36.5 Å². The zero-order valence-corrected chi connectivity index (χ0v) is 11.6. The lowest BCUT2D eigenvalue weighted by Gasteiger charge is -2.06. The Kier molecular flexibility index (Phi) is 5.02. The van der Waals surface area contributed by atoms with Crippen LogP contribution in [0.1, 0.15) is 28.2 Å². The summed E-state index contributed by atoms with van der Waals surface area (Å²) in [5.41, 5.74) is 1.72. The Labute approximate surface area is 123 Å². The summed E-state index contributed by atoms with van der Waals surface area (Å²) in [7, 11) is 0. The van der Waals surface area contributed by atoms with Crippen LogP contribution in [0.25, 0.3) is 0 Å². The molecule has 0 aromatic carbocycles. The lowest BCUT2D eigenvalue weighted by molar-refractivity contribution is 0.102. The van der Waals surface area contributed by atoms with Crippen molar-refractivity contribution in [2.75, 3.05) is 11.9 Å². The van der Waals surface area contributed by atoms with Crippen LogP contribution >= 0.6 is 0 Å². The summed E-state index contributed by atoms with van der Waals surface area (Å²) in [6.07, 6.45) is 2.04. The maximum Gasteiger partial charge on any atom is 0.258 e. The maximum atomic E-state index is 12.1. The van der Waals surface area contributed by atoms with E-state index in [0.29, 0.717) is 29.2 Å². The van der Waals surface area contributed by atoms with Crippen LogP contribution in [-0.4, -0.2) is 27.6 Å². The zero-order chi connectivity index (χ0) is 15.1. The fourth-order valence-electron chi connectivity index (χ4n) is 1.69. The van der Waals surface area contributed by atoms with Crippen LogP contribution in [0, 0.1) is 18.8 Å². The third-order valence-electron chi connectivity index (χ3n) is 2.70. The van der Waals surface area contributed by atoms with Crippen LogP contribution < -0.4 is 5.32 Å². The van der Waals surface area contributed by atoms with Crippen LogP contribution in [0.4, 0.5) is 5.82 Å². The molecular formula is C16H15N3O2. The second-order valence-electron chi connectivity index (χ2n) is 4.27. The number of nitrogens with one attached hydrogen (secondary N) is 1. The summed E-state index contributed by atoms with van der Waals surface area (Å²) in [5.74, 6) is 5.79. The SMILES string of the molecule is Cc1ncccc1C(=O)Nc1cccc(C#CCCO)n1. The van der Waals surface area contributed by atoms with Gasteiger partial charge in [-0.15, -0.1) is 0 Å². The van der Waals surface area contributed by atoms with Gasteiger partial charge in [0.05, 0.1) is 12.2 Å². The number of carbonyl (C=O) groups excluding carboxylic acids is 1. The van der Waals surface area contributed by atoms with Crippen molar-refractivity contribution in [2.24, 2.45) is 0 Å². The highest BCUT2D eigenvalue weighted by molar-refractivity contribution is 6.04. The second-order valence-corrected chi connectivity index (χ2v) is 4.27. The lowest BCUT2D eigenvalue weighted by atomic mass is 10.2. The van der Waals surface area contributed by atoms with Gasteiger partial charge in [0, 0.05) is 18.3 Å². The number of aliphatic hydroxyl groups is 1. The molecule has 0 aliphatic carbocycles. The van der Waals surface area contributed by atoms with Gasteiger partial charge in [-0.25, -0.2) is 4.98 Å². The molecule has 2 aromatic rings. The van der Waals surface area contributed by atoms with Gasteiger partial charge in [-0.05, 0) is 37.1 Å². The lowest BCUT2D eigenvalue weighted by Crippen LogP contribution is -2.15. The van der Waals surface area contributed by atoms with Crippen molar-refractivity contribution < 1.29 is 9.90 Å². The smallest absolute Gasteiger partial charge is 0.258 e. The second kappa shape index (κ2) is 7.17. The molecule has 1 amide bonds.